The molecule has 0 fully saturated rings. The first-order valence-corrected chi connectivity index (χ1v) is 6.34. The van der Waals surface area contributed by atoms with Crippen LogP contribution in [0.25, 0.3) is 10.9 Å². The van der Waals surface area contributed by atoms with Crippen LogP contribution in [0.15, 0.2) is 65.8 Å². The quantitative estimate of drug-likeness (QED) is 0.621. The number of benzene rings is 2. The van der Waals surface area contributed by atoms with Crippen LogP contribution < -0.4 is 0 Å². The van der Waals surface area contributed by atoms with Crippen molar-refractivity contribution in [2.45, 2.75) is 0 Å². The van der Waals surface area contributed by atoms with E-state index < -0.39 is 0 Å². The minimum absolute atomic E-state index is 0.726. The van der Waals surface area contributed by atoms with E-state index in [1.165, 1.54) is 0 Å². The van der Waals surface area contributed by atoms with Gasteiger partial charge >= 0.3 is 0 Å². The van der Waals surface area contributed by atoms with Crippen molar-refractivity contribution < 1.29 is 0 Å². The van der Waals surface area contributed by atoms with Gasteiger partial charge in [0.15, 0.2) is 0 Å². The largest absolute Gasteiger partial charge is 0.254 e. The van der Waals surface area contributed by atoms with Gasteiger partial charge in [0.2, 0.25) is 0 Å². The van der Waals surface area contributed by atoms with E-state index in [2.05, 4.69) is 9.98 Å². The number of hydrogen-bond acceptors (Lipinski definition) is 2. The fraction of sp³-hybridized carbons (Fsp3) is 0. The molecule has 0 aliphatic heterocycles. The lowest BCUT2D eigenvalue weighted by Crippen LogP contribution is -1.81. The predicted octanol–water partition coefficient (Wildman–Crippen LogP) is 4.64. The summed E-state index contributed by atoms with van der Waals surface area (Å²) in [5.41, 5.74) is 2.79. The summed E-state index contributed by atoms with van der Waals surface area (Å²) in [6, 6.07) is 17.5. The van der Waals surface area contributed by atoms with Crippen LogP contribution in [0.1, 0.15) is 5.56 Å². The van der Waals surface area contributed by atoms with Crippen LogP contribution in [0.2, 0.25) is 5.02 Å². The SMILES string of the molecule is Clc1ccc(C=Nc2cccc3cccnc23)cc1. The number of nitrogens with zero attached hydrogens (tertiary/aromatic N) is 2. The second kappa shape index (κ2) is 5.21. The Hall–Kier alpha value is -2.19. The maximum Gasteiger partial charge on any atom is 0.0958 e. The predicted molar refractivity (Wildman–Crippen MR) is 80.4 cm³/mol. The van der Waals surface area contributed by atoms with Crippen molar-refractivity contribution in [3.63, 3.8) is 0 Å². The molecule has 0 saturated carbocycles. The molecule has 0 spiro atoms. The Kier molecular flexibility index (Phi) is 3.25. The highest BCUT2D eigenvalue weighted by atomic mass is 35.5. The zero-order valence-electron chi connectivity index (χ0n) is 10.1. The van der Waals surface area contributed by atoms with Gasteiger partial charge in [-0.2, -0.15) is 0 Å². The van der Waals surface area contributed by atoms with Crippen molar-refractivity contribution in [3.05, 3.63) is 71.4 Å². The van der Waals surface area contributed by atoms with E-state index >= 15 is 0 Å². The molecule has 0 saturated heterocycles. The molecule has 0 bridgehead atoms. The van der Waals surface area contributed by atoms with Crippen LogP contribution in [0.4, 0.5) is 5.69 Å². The van der Waals surface area contributed by atoms with Gasteiger partial charge in [0, 0.05) is 22.8 Å². The van der Waals surface area contributed by atoms with E-state index in [9.17, 15) is 0 Å². The average Bonchev–Trinajstić information content (AvgIpc) is 2.47. The number of rotatable bonds is 2. The molecule has 0 amide bonds. The summed E-state index contributed by atoms with van der Waals surface area (Å²) in [7, 11) is 0. The molecule has 0 radical (unpaired) electrons. The third kappa shape index (κ3) is 2.64. The lowest BCUT2D eigenvalue weighted by molar-refractivity contribution is 1.39. The number of aromatic nitrogens is 1. The summed E-state index contributed by atoms with van der Waals surface area (Å²) in [5, 5.41) is 1.82. The molecule has 3 aromatic rings. The molecular weight excluding hydrogens is 256 g/mol. The molecule has 19 heavy (non-hydrogen) atoms. The van der Waals surface area contributed by atoms with Gasteiger partial charge in [0.25, 0.3) is 0 Å². The molecular formula is C16H11ClN2. The average molecular weight is 267 g/mol. The van der Waals surface area contributed by atoms with E-state index in [1.807, 2.05) is 60.8 Å². The topological polar surface area (TPSA) is 25.2 Å². The molecule has 0 aliphatic carbocycles. The summed E-state index contributed by atoms with van der Waals surface area (Å²) in [6.07, 6.45) is 3.60. The lowest BCUT2D eigenvalue weighted by atomic mass is 10.2. The first-order chi connectivity index (χ1) is 9.33. The van der Waals surface area contributed by atoms with E-state index in [0.717, 1.165) is 27.2 Å². The van der Waals surface area contributed by atoms with Gasteiger partial charge in [0.1, 0.15) is 0 Å². The van der Waals surface area contributed by atoms with Crippen LogP contribution in [0.5, 0.6) is 0 Å². The van der Waals surface area contributed by atoms with Gasteiger partial charge in [-0.25, -0.2) is 0 Å². The van der Waals surface area contributed by atoms with Gasteiger partial charge in [-0.15, -0.1) is 0 Å². The summed E-state index contributed by atoms with van der Waals surface area (Å²) < 4.78 is 0. The molecule has 1 heterocycles. The molecule has 3 heteroatoms. The fourth-order valence-electron chi connectivity index (χ4n) is 1.89. The molecule has 0 unspecified atom stereocenters. The Balaban J connectivity index is 1.99. The molecule has 3 rings (SSSR count). The molecule has 0 aliphatic rings. The zero-order valence-corrected chi connectivity index (χ0v) is 10.9. The Morgan fingerprint density at radius 2 is 1.74 bits per heavy atom. The fourth-order valence-corrected chi connectivity index (χ4v) is 2.01. The highest BCUT2D eigenvalue weighted by Gasteiger charge is 1.98. The molecule has 1 aromatic heterocycles. The molecule has 2 nitrogen and oxygen atoms in total. The van der Waals surface area contributed by atoms with E-state index in [1.54, 1.807) is 6.20 Å². The van der Waals surface area contributed by atoms with Gasteiger partial charge < -0.3 is 0 Å². The maximum absolute atomic E-state index is 5.85. The monoisotopic (exact) mass is 266 g/mol. The van der Waals surface area contributed by atoms with E-state index in [0.29, 0.717) is 0 Å². The number of halogens is 1. The third-order valence-electron chi connectivity index (χ3n) is 2.83. The van der Waals surface area contributed by atoms with Crippen LogP contribution in [0.3, 0.4) is 0 Å². The van der Waals surface area contributed by atoms with Crippen molar-refractivity contribution in [1.29, 1.82) is 0 Å². The summed E-state index contributed by atoms with van der Waals surface area (Å²) in [4.78, 5) is 8.88. The van der Waals surface area contributed by atoms with Crippen molar-refractivity contribution in [1.82, 2.24) is 4.98 Å². The Bertz CT molecular complexity index is 728. The highest BCUT2D eigenvalue weighted by molar-refractivity contribution is 6.30. The Morgan fingerprint density at radius 3 is 2.58 bits per heavy atom. The van der Waals surface area contributed by atoms with E-state index in [4.69, 9.17) is 11.6 Å². The summed E-state index contributed by atoms with van der Waals surface area (Å²) >= 11 is 5.85. The summed E-state index contributed by atoms with van der Waals surface area (Å²) in [6.45, 7) is 0. The minimum Gasteiger partial charge on any atom is -0.254 e. The van der Waals surface area contributed by atoms with Gasteiger partial charge in [-0.05, 0) is 29.8 Å². The Morgan fingerprint density at radius 1 is 0.947 bits per heavy atom. The van der Waals surface area contributed by atoms with E-state index in [-0.39, 0.29) is 0 Å². The number of hydrogen-bond donors (Lipinski definition) is 0. The zero-order chi connectivity index (χ0) is 13.1. The normalized spacial score (nSPS) is 11.2. The van der Waals surface area contributed by atoms with Crippen molar-refractivity contribution in [3.8, 4) is 0 Å². The first kappa shape index (κ1) is 11.9. The van der Waals surface area contributed by atoms with Gasteiger partial charge in [-0.3, -0.25) is 9.98 Å². The number of fused-ring (bicyclic) bond motifs is 1. The van der Waals surface area contributed by atoms with Crippen LogP contribution >= 0.6 is 11.6 Å². The second-order valence-corrected chi connectivity index (χ2v) is 4.60. The number of aliphatic imine (C=N–C) groups is 1. The molecule has 2 aromatic carbocycles. The van der Waals surface area contributed by atoms with Crippen molar-refractivity contribution in [2.24, 2.45) is 4.99 Å². The second-order valence-electron chi connectivity index (χ2n) is 4.16. The third-order valence-corrected chi connectivity index (χ3v) is 3.09. The maximum atomic E-state index is 5.85. The number of pyridine rings is 1. The Labute approximate surface area is 116 Å². The minimum atomic E-state index is 0.726. The van der Waals surface area contributed by atoms with Crippen molar-refractivity contribution in [2.75, 3.05) is 0 Å². The molecule has 0 atom stereocenters. The standard InChI is InChI=1S/C16H11ClN2/c17-14-8-6-12(7-9-14)11-19-15-5-1-3-13-4-2-10-18-16(13)15/h1-11H. The smallest absolute Gasteiger partial charge is 0.0958 e. The van der Waals surface area contributed by atoms with Crippen LogP contribution in [0, 0.1) is 0 Å². The lowest BCUT2D eigenvalue weighted by Gasteiger charge is -2.00. The first-order valence-electron chi connectivity index (χ1n) is 5.96. The highest BCUT2D eigenvalue weighted by Crippen LogP contribution is 2.23. The number of para-hydroxylation sites is 1. The van der Waals surface area contributed by atoms with Gasteiger partial charge in [-0.1, -0.05) is 41.9 Å². The van der Waals surface area contributed by atoms with Crippen LogP contribution in [-0.2, 0) is 0 Å². The summed E-state index contributed by atoms with van der Waals surface area (Å²) in [5.74, 6) is 0. The van der Waals surface area contributed by atoms with Crippen molar-refractivity contribution >= 4 is 34.4 Å². The van der Waals surface area contributed by atoms with Gasteiger partial charge in [0.05, 0.1) is 11.2 Å². The van der Waals surface area contributed by atoms with Crippen LogP contribution in [-0.4, -0.2) is 11.2 Å². The molecule has 0 N–H and O–H groups in total. The molecule has 92 valence electrons.